The predicted molar refractivity (Wildman–Crippen MR) is 82.4 cm³/mol. The van der Waals surface area contributed by atoms with Crippen LogP contribution < -0.4 is 10.6 Å². The first kappa shape index (κ1) is 14.2. The van der Waals surface area contributed by atoms with Crippen LogP contribution in [0.4, 0.5) is 11.4 Å². The number of halogens is 2. The van der Waals surface area contributed by atoms with Gasteiger partial charge in [-0.1, -0.05) is 23.2 Å². The highest BCUT2D eigenvalue weighted by atomic mass is 35.5. The number of carbonyl (C=O) groups is 1. The van der Waals surface area contributed by atoms with Crippen molar-refractivity contribution in [3.63, 3.8) is 0 Å². The zero-order valence-corrected chi connectivity index (χ0v) is 12.5. The van der Waals surface area contributed by atoms with Crippen molar-refractivity contribution in [2.45, 2.75) is 13.5 Å². The van der Waals surface area contributed by atoms with Gasteiger partial charge in [0.25, 0.3) is 0 Å². The van der Waals surface area contributed by atoms with Crippen LogP contribution in [-0.4, -0.2) is 5.91 Å². The molecule has 1 aromatic carbocycles. The lowest BCUT2D eigenvalue weighted by Gasteiger charge is -2.09. The minimum absolute atomic E-state index is 0.0829. The number of thiophene rings is 1. The van der Waals surface area contributed by atoms with Gasteiger partial charge >= 0.3 is 0 Å². The van der Waals surface area contributed by atoms with E-state index in [2.05, 4.69) is 10.6 Å². The molecule has 0 spiro atoms. The molecule has 0 atom stereocenters. The standard InChI is InChI=1S/C13H12Cl2N2OS/c1-8(18)17-11-4-5-19-13(11)7-16-12-6-9(14)2-3-10(12)15/h2-6,16H,7H2,1H3,(H,17,18). The van der Waals surface area contributed by atoms with Gasteiger partial charge in [0.1, 0.15) is 0 Å². The van der Waals surface area contributed by atoms with Crippen LogP contribution in [0.2, 0.25) is 10.0 Å². The van der Waals surface area contributed by atoms with Gasteiger partial charge in [-0.15, -0.1) is 11.3 Å². The molecule has 3 nitrogen and oxygen atoms in total. The molecule has 0 aliphatic rings. The summed E-state index contributed by atoms with van der Waals surface area (Å²) < 4.78 is 0. The molecular formula is C13H12Cl2N2OS. The Labute approximate surface area is 125 Å². The Bertz CT molecular complexity index is 598. The molecule has 1 heterocycles. The molecule has 0 bridgehead atoms. The Morgan fingerprint density at radius 3 is 2.79 bits per heavy atom. The van der Waals surface area contributed by atoms with Gasteiger partial charge in [0, 0.05) is 16.8 Å². The molecule has 0 aliphatic carbocycles. The van der Waals surface area contributed by atoms with Gasteiger partial charge in [0.15, 0.2) is 0 Å². The van der Waals surface area contributed by atoms with Gasteiger partial charge < -0.3 is 10.6 Å². The van der Waals surface area contributed by atoms with E-state index in [-0.39, 0.29) is 5.91 Å². The summed E-state index contributed by atoms with van der Waals surface area (Å²) in [6, 6.07) is 7.14. The first-order chi connectivity index (χ1) is 9.06. The zero-order valence-electron chi connectivity index (χ0n) is 10.2. The molecule has 0 aliphatic heterocycles. The second kappa shape index (κ2) is 6.28. The van der Waals surface area contributed by atoms with E-state index in [1.165, 1.54) is 6.92 Å². The fourth-order valence-corrected chi connectivity index (χ4v) is 2.71. The van der Waals surface area contributed by atoms with Crippen LogP contribution in [0.5, 0.6) is 0 Å². The van der Waals surface area contributed by atoms with Crippen molar-refractivity contribution in [1.82, 2.24) is 0 Å². The second-order valence-corrected chi connectivity index (χ2v) is 5.76. The Balaban J connectivity index is 2.08. The van der Waals surface area contributed by atoms with E-state index in [1.807, 2.05) is 11.4 Å². The van der Waals surface area contributed by atoms with Gasteiger partial charge in [0.2, 0.25) is 5.91 Å². The Morgan fingerprint density at radius 1 is 1.26 bits per heavy atom. The molecule has 1 amide bonds. The third-order valence-corrected chi connectivity index (χ3v) is 3.91. The largest absolute Gasteiger partial charge is 0.379 e. The Hall–Kier alpha value is -1.23. The third-order valence-electron chi connectivity index (χ3n) is 2.42. The lowest BCUT2D eigenvalue weighted by molar-refractivity contribution is -0.114. The van der Waals surface area contributed by atoms with E-state index >= 15 is 0 Å². The summed E-state index contributed by atoms with van der Waals surface area (Å²) in [4.78, 5) is 12.1. The van der Waals surface area contributed by atoms with Crippen LogP contribution in [0.1, 0.15) is 11.8 Å². The summed E-state index contributed by atoms with van der Waals surface area (Å²) in [5.74, 6) is -0.0829. The Morgan fingerprint density at radius 2 is 2.05 bits per heavy atom. The molecule has 2 rings (SSSR count). The lowest BCUT2D eigenvalue weighted by atomic mass is 10.3. The topological polar surface area (TPSA) is 41.1 Å². The van der Waals surface area contributed by atoms with Crippen molar-refractivity contribution >= 4 is 51.8 Å². The van der Waals surface area contributed by atoms with E-state index in [4.69, 9.17) is 23.2 Å². The molecule has 0 saturated heterocycles. The average Bonchev–Trinajstić information content (AvgIpc) is 2.77. The van der Waals surface area contributed by atoms with Crippen LogP contribution in [0, 0.1) is 0 Å². The summed E-state index contributed by atoms with van der Waals surface area (Å²) in [6.45, 7) is 2.07. The monoisotopic (exact) mass is 314 g/mol. The van der Waals surface area contributed by atoms with Gasteiger partial charge in [-0.05, 0) is 29.6 Å². The maximum absolute atomic E-state index is 11.1. The highest BCUT2D eigenvalue weighted by Gasteiger charge is 2.07. The highest BCUT2D eigenvalue weighted by molar-refractivity contribution is 7.10. The van der Waals surface area contributed by atoms with Crippen molar-refractivity contribution in [1.29, 1.82) is 0 Å². The van der Waals surface area contributed by atoms with Gasteiger partial charge in [-0.2, -0.15) is 0 Å². The summed E-state index contributed by atoms with van der Waals surface area (Å²) in [5.41, 5.74) is 1.60. The van der Waals surface area contributed by atoms with E-state index in [1.54, 1.807) is 29.5 Å². The maximum atomic E-state index is 11.1. The van der Waals surface area contributed by atoms with E-state index in [0.717, 1.165) is 16.3 Å². The number of anilines is 2. The van der Waals surface area contributed by atoms with E-state index < -0.39 is 0 Å². The van der Waals surface area contributed by atoms with Gasteiger partial charge in [-0.3, -0.25) is 4.79 Å². The molecule has 0 saturated carbocycles. The Kier molecular flexibility index (Phi) is 4.69. The molecule has 2 N–H and O–H groups in total. The smallest absolute Gasteiger partial charge is 0.221 e. The van der Waals surface area contributed by atoms with Crippen LogP contribution >= 0.6 is 34.5 Å². The van der Waals surface area contributed by atoms with Crippen molar-refractivity contribution in [3.8, 4) is 0 Å². The minimum Gasteiger partial charge on any atom is -0.379 e. The molecule has 1 aromatic heterocycles. The quantitative estimate of drug-likeness (QED) is 0.864. The summed E-state index contributed by atoms with van der Waals surface area (Å²) in [6.07, 6.45) is 0. The first-order valence-corrected chi connectivity index (χ1v) is 7.22. The fraction of sp³-hybridized carbons (Fsp3) is 0.154. The number of carbonyl (C=O) groups excluding carboxylic acids is 1. The molecule has 19 heavy (non-hydrogen) atoms. The van der Waals surface area contributed by atoms with Crippen LogP contribution in [0.25, 0.3) is 0 Å². The van der Waals surface area contributed by atoms with Crippen molar-refractivity contribution in [2.24, 2.45) is 0 Å². The van der Waals surface area contributed by atoms with Crippen LogP contribution in [0.15, 0.2) is 29.6 Å². The normalized spacial score (nSPS) is 10.3. The molecule has 2 aromatic rings. The highest BCUT2D eigenvalue weighted by Crippen LogP contribution is 2.28. The maximum Gasteiger partial charge on any atom is 0.221 e. The molecule has 6 heteroatoms. The second-order valence-electron chi connectivity index (χ2n) is 3.92. The zero-order chi connectivity index (χ0) is 13.8. The van der Waals surface area contributed by atoms with Crippen LogP contribution in [-0.2, 0) is 11.3 Å². The number of rotatable bonds is 4. The third kappa shape index (κ3) is 3.86. The number of hydrogen-bond acceptors (Lipinski definition) is 3. The van der Waals surface area contributed by atoms with Crippen molar-refractivity contribution in [2.75, 3.05) is 10.6 Å². The number of nitrogens with one attached hydrogen (secondary N) is 2. The molecule has 0 fully saturated rings. The number of hydrogen-bond donors (Lipinski definition) is 2. The molecule has 0 unspecified atom stereocenters. The summed E-state index contributed by atoms with van der Waals surface area (Å²) in [5, 5.41) is 9.17. The summed E-state index contributed by atoms with van der Waals surface area (Å²) in [7, 11) is 0. The molecule has 100 valence electrons. The SMILES string of the molecule is CC(=O)Nc1ccsc1CNc1cc(Cl)ccc1Cl. The van der Waals surface area contributed by atoms with Gasteiger partial charge in [0.05, 0.1) is 22.9 Å². The number of benzene rings is 1. The molecule has 0 radical (unpaired) electrons. The lowest BCUT2D eigenvalue weighted by Crippen LogP contribution is -2.08. The van der Waals surface area contributed by atoms with Crippen molar-refractivity contribution in [3.05, 3.63) is 44.6 Å². The van der Waals surface area contributed by atoms with E-state index in [0.29, 0.717) is 16.6 Å². The first-order valence-electron chi connectivity index (χ1n) is 5.59. The fourth-order valence-electron chi connectivity index (χ4n) is 1.59. The van der Waals surface area contributed by atoms with E-state index in [9.17, 15) is 4.79 Å². The summed E-state index contributed by atoms with van der Waals surface area (Å²) >= 11 is 13.6. The number of amides is 1. The van der Waals surface area contributed by atoms with Crippen LogP contribution in [0.3, 0.4) is 0 Å². The predicted octanol–water partition coefficient (Wildman–Crippen LogP) is 4.63. The minimum atomic E-state index is -0.0829. The van der Waals surface area contributed by atoms with Crippen molar-refractivity contribution < 1.29 is 4.79 Å². The molecular weight excluding hydrogens is 303 g/mol. The average molecular weight is 315 g/mol. The van der Waals surface area contributed by atoms with Gasteiger partial charge in [-0.25, -0.2) is 0 Å².